The second-order valence-corrected chi connectivity index (χ2v) is 11.1. The van der Waals surface area contributed by atoms with Crippen LogP contribution in [0.3, 0.4) is 0 Å². The molecule has 0 aromatic heterocycles. The number of sulfonamides is 1. The van der Waals surface area contributed by atoms with Crippen molar-refractivity contribution in [2.45, 2.75) is 39.0 Å². The van der Waals surface area contributed by atoms with E-state index in [1.54, 1.807) is 29.2 Å². The van der Waals surface area contributed by atoms with Gasteiger partial charge in [0.2, 0.25) is 5.91 Å². The molecule has 0 saturated heterocycles. The Hall–Kier alpha value is -2.94. The van der Waals surface area contributed by atoms with Gasteiger partial charge in [-0.2, -0.15) is 0 Å². The average Bonchev–Trinajstić information content (AvgIpc) is 2.86. The highest BCUT2D eigenvalue weighted by Gasteiger charge is 2.38. The zero-order valence-corrected chi connectivity index (χ0v) is 20.2. The van der Waals surface area contributed by atoms with Crippen molar-refractivity contribution in [3.8, 4) is 17.2 Å². The number of rotatable bonds is 6. The number of nitrogens with one attached hydrogen (secondary N) is 1. The predicted octanol–water partition coefficient (Wildman–Crippen LogP) is 4.06. The maximum atomic E-state index is 13.3. The van der Waals surface area contributed by atoms with Crippen LogP contribution in [-0.2, 0) is 14.8 Å². The normalized spacial score (nSPS) is 17.2. The minimum absolute atomic E-state index is 0.0475. The van der Waals surface area contributed by atoms with E-state index in [9.17, 15) is 13.2 Å². The summed E-state index contributed by atoms with van der Waals surface area (Å²) < 4.78 is 45.7. The molecular formula is C24H30N2O6S. The highest BCUT2D eigenvalue weighted by atomic mass is 32.2. The molecule has 1 amide bonds. The second kappa shape index (κ2) is 8.78. The number of anilines is 2. The number of nitrogens with zero attached hydrogens (tertiary/aromatic N) is 1. The number of benzene rings is 2. The van der Waals surface area contributed by atoms with Crippen LogP contribution < -0.4 is 23.8 Å². The van der Waals surface area contributed by atoms with Gasteiger partial charge in [-0.15, -0.1) is 0 Å². The summed E-state index contributed by atoms with van der Waals surface area (Å²) in [5, 5.41) is 0. The lowest BCUT2D eigenvalue weighted by atomic mass is 9.92. The molecule has 0 atom stereocenters. The molecule has 0 fully saturated rings. The number of hydrogen-bond acceptors (Lipinski definition) is 6. The fraction of sp³-hybridized carbons (Fsp3) is 0.458. The lowest BCUT2D eigenvalue weighted by molar-refractivity contribution is -0.127. The molecule has 2 aliphatic rings. The van der Waals surface area contributed by atoms with E-state index in [2.05, 4.69) is 18.6 Å². The smallest absolute Gasteiger partial charge is 0.262 e. The molecule has 178 valence electrons. The summed E-state index contributed by atoms with van der Waals surface area (Å²) in [5.74, 6) is 1.83. The Balaban J connectivity index is 1.65. The molecule has 33 heavy (non-hydrogen) atoms. The monoisotopic (exact) mass is 474 g/mol. The minimum Gasteiger partial charge on any atom is -0.490 e. The van der Waals surface area contributed by atoms with Gasteiger partial charge in [0, 0.05) is 12.6 Å². The molecule has 4 rings (SSSR count). The Morgan fingerprint density at radius 2 is 1.70 bits per heavy atom. The van der Waals surface area contributed by atoms with Crippen LogP contribution in [-0.4, -0.2) is 40.7 Å². The van der Waals surface area contributed by atoms with Gasteiger partial charge in [0.25, 0.3) is 10.0 Å². The third-order valence-corrected chi connectivity index (χ3v) is 7.05. The molecule has 0 spiro atoms. The Kier molecular flexibility index (Phi) is 6.18. The van der Waals surface area contributed by atoms with Crippen molar-refractivity contribution < 1.29 is 27.4 Å². The van der Waals surface area contributed by atoms with Gasteiger partial charge in [0.1, 0.15) is 25.6 Å². The van der Waals surface area contributed by atoms with E-state index >= 15 is 0 Å². The molecule has 2 aromatic rings. The maximum absolute atomic E-state index is 13.3. The average molecular weight is 475 g/mol. The molecule has 0 aliphatic carbocycles. The molecule has 0 saturated carbocycles. The van der Waals surface area contributed by atoms with Crippen molar-refractivity contribution in [2.75, 3.05) is 36.0 Å². The number of ether oxygens (including phenoxy) is 3. The summed E-state index contributed by atoms with van der Waals surface area (Å²) in [6.07, 6.45) is 0.814. The summed E-state index contributed by atoms with van der Waals surface area (Å²) in [6, 6.07) is 9.51. The Morgan fingerprint density at radius 1 is 1.00 bits per heavy atom. The maximum Gasteiger partial charge on any atom is 0.262 e. The Labute approximate surface area is 194 Å². The highest BCUT2D eigenvalue weighted by molar-refractivity contribution is 7.92. The fourth-order valence-corrected chi connectivity index (χ4v) is 4.79. The van der Waals surface area contributed by atoms with Crippen molar-refractivity contribution in [1.29, 1.82) is 0 Å². The third kappa shape index (κ3) is 4.88. The number of carbonyl (C=O) groups excluding carboxylic acids is 1. The molecular weight excluding hydrogens is 444 g/mol. The first-order valence-electron chi connectivity index (χ1n) is 11.1. The van der Waals surface area contributed by atoms with Crippen LogP contribution in [0.1, 0.15) is 34.1 Å². The van der Waals surface area contributed by atoms with Crippen molar-refractivity contribution in [3.63, 3.8) is 0 Å². The van der Waals surface area contributed by atoms with Crippen LogP contribution in [0, 0.1) is 11.3 Å². The van der Waals surface area contributed by atoms with Crippen molar-refractivity contribution in [3.05, 3.63) is 36.4 Å². The van der Waals surface area contributed by atoms with Gasteiger partial charge in [0.05, 0.1) is 21.7 Å². The van der Waals surface area contributed by atoms with Gasteiger partial charge in [-0.3, -0.25) is 9.52 Å². The molecule has 2 aliphatic heterocycles. The molecule has 8 nitrogen and oxygen atoms in total. The van der Waals surface area contributed by atoms with Gasteiger partial charge in [-0.1, -0.05) is 13.8 Å². The van der Waals surface area contributed by atoms with Gasteiger partial charge >= 0.3 is 0 Å². The predicted molar refractivity (Wildman–Crippen MR) is 126 cm³/mol. The first-order chi connectivity index (χ1) is 15.6. The summed E-state index contributed by atoms with van der Waals surface area (Å²) in [6.45, 7) is 9.48. The van der Waals surface area contributed by atoms with Crippen LogP contribution in [0.2, 0.25) is 0 Å². The second-order valence-electron chi connectivity index (χ2n) is 9.41. The summed E-state index contributed by atoms with van der Waals surface area (Å²) >= 11 is 0. The molecule has 0 radical (unpaired) electrons. The van der Waals surface area contributed by atoms with Gasteiger partial charge in [0.15, 0.2) is 11.5 Å². The van der Waals surface area contributed by atoms with Crippen molar-refractivity contribution in [2.24, 2.45) is 11.3 Å². The lowest BCUT2D eigenvalue weighted by Crippen LogP contribution is -2.42. The van der Waals surface area contributed by atoms with Crippen LogP contribution in [0.4, 0.5) is 11.4 Å². The van der Waals surface area contributed by atoms with E-state index in [0.29, 0.717) is 54.3 Å². The largest absolute Gasteiger partial charge is 0.490 e. The molecule has 9 heteroatoms. The Bertz CT molecular complexity index is 1160. The number of fused-ring (bicyclic) bond motifs is 2. The van der Waals surface area contributed by atoms with Gasteiger partial charge in [-0.05, 0) is 56.5 Å². The van der Waals surface area contributed by atoms with Crippen molar-refractivity contribution >= 4 is 27.3 Å². The summed E-state index contributed by atoms with van der Waals surface area (Å²) in [7, 11) is -3.89. The van der Waals surface area contributed by atoms with Crippen molar-refractivity contribution in [1.82, 2.24) is 0 Å². The minimum atomic E-state index is -3.89. The van der Waals surface area contributed by atoms with Gasteiger partial charge in [-0.25, -0.2) is 8.42 Å². The van der Waals surface area contributed by atoms with E-state index in [4.69, 9.17) is 14.2 Å². The first kappa shape index (κ1) is 23.2. The molecule has 0 unspecified atom stereocenters. The number of carbonyl (C=O) groups is 1. The quantitative estimate of drug-likeness (QED) is 0.679. The third-order valence-electron chi connectivity index (χ3n) is 5.67. The molecule has 1 N–H and O–H groups in total. The number of hydrogen-bond donors (Lipinski definition) is 1. The van der Waals surface area contributed by atoms with Gasteiger partial charge < -0.3 is 19.1 Å². The summed E-state index contributed by atoms with van der Waals surface area (Å²) in [4.78, 5) is 15.1. The van der Waals surface area contributed by atoms with Crippen LogP contribution in [0.15, 0.2) is 41.3 Å². The van der Waals surface area contributed by atoms with E-state index < -0.39 is 15.4 Å². The van der Waals surface area contributed by atoms with E-state index in [0.717, 1.165) is 6.42 Å². The SMILES string of the molecule is CC(C)CCN1C(=O)C(C)(C)COc2ccc(NS(=O)(=O)c3ccc4c(c3)OCCO4)cc21. The van der Waals surface area contributed by atoms with E-state index in [1.165, 1.54) is 12.1 Å². The van der Waals surface area contributed by atoms with Crippen LogP contribution in [0.25, 0.3) is 0 Å². The molecule has 2 aromatic carbocycles. The van der Waals surface area contributed by atoms with E-state index in [-0.39, 0.29) is 17.4 Å². The topological polar surface area (TPSA) is 94.2 Å². The van der Waals surface area contributed by atoms with Crippen LogP contribution in [0.5, 0.6) is 17.2 Å². The molecule has 0 bridgehead atoms. The standard InChI is InChI=1S/C24H30N2O6S/c1-16(2)9-10-26-19-13-17(5-7-20(19)32-15-24(3,4)23(26)27)25-33(28,29)18-6-8-21-22(14-18)31-12-11-30-21/h5-8,13-14,16,25H,9-12,15H2,1-4H3. The fourth-order valence-electron chi connectivity index (χ4n) is 3.72. The zero-order valence-electron chi connectivity index (χ0n) is 19.4. The summed E-state index contributed by atoms with van der Waals surface area (Å²) in [5.41, 5.74) is 0.212. The van der Waals surface area contributed by atoms with Crippen LogP contribution >= 0.6 is 0 Å². The molecule has 2 heterocycles. The zero-order chi connectivity index (χ0) is 23.8. The first-order valence-corrected chi connectivity index (χ1v) is 12.6. The van der Waals surface area contributed by atoms with E-state index in [1.807, 2.05) is 13.8 Å². The Morgan fingerprint density at radius 3 is 2.42 bits per heavy atom. The lowest BCUT2D eigenvalue weighted by Gasteiger charge is -2.28. The highest BCUT2D eigenvalue weighted by Crippen LogP contribution is 2.39. The number of amides is 1.